The first-order valence-electron chi connectivity index (χ1n) is 6.84. The molecule has 0 radical (unpaired) electrons. The average Bonchev–Trinajstić information content (AvgIpc) is 3.19. The van der Waals surface area contributed by atoms with Gasteiger partial charge in [-0.1, -0.05) is 31.2 Å². The van der Waals surface area contributed by atoms with Gasteiger partial charge < -0.3 is 5.73 Å². The first-order valence-corrected chi connectivity index (χ1v) is 8.45. The van der Waals surface area contributed by atoms with Gasteiger partial charge in [-0.15, -0.1) is 0 Å². The molecule has 2 N–H and O–H groups in total. The monoisotopic (exact) mass is 282 g/mol. The Hall–Kier alpha value is -0.910. The molecule has 4 nitrogen and oxygen atoms in total. The lowest BCUT2D eigenvalue weighted by Gasteiger charge is -2.21. The zero-order valence-corrected chi connectivity index (χ0v) is 12.2. The predicted octanol–water partition coefficient (Wildman–Crippen LogP) is 1.85. The molecule has 2 rings (SSSR count). The van der Waals surface area contributed by atoms with E-state index in [-0.39, 0.29) is 11.8 Å². The molecule has 0 spiro atoms. The van der Waals surface area contributed by atoms with Gasteiger partial charge in [0.2, 0.25) is 10.0 Å². The summed E-state index contributed by atoms with van der Waals surface area (Å²) in [6.45, 7) is 3.08. The Morgan fingerprint density at radius 2 is 2.00 bits per heavy atom. The summed E-state index contributed by atoms with van der Waals surface area (Å²) >= 11 is 0. The zero-order chi connectivity index (χ0) is 13.9. The molecular formula is C14H22N2O2S. The van der Waals surface area contributed by atoms with E-state index in [4.69, 9.17) is 5.73 Å². The van der Waals surface area contributed by atoms with Gasteiger partial charge in [0.25, 0.3) is 0 Å². The summed E-state index contributed by atoms with van der Waals surface area (Å²) in [7, 11) is -3.21. The number of hydrogen-bond acceptors (Lipinski definition) is 3. The second-order valence-electron chi connectivity index (χ2n) is 5.12. The largest absolute Gasteiger partial charge is 0.326 e. The molecule has 0 unspecified atom stereocenters. The number of benzene rings is 1. The molecule has 1 saturated carbocycles. The van der Waals surface area contributed by atoms with Gasteiger partial charge in [-0.3, -0.25) is 0 Å². The van der Waals surface area contributed by atoms with Crippen molar-refractivity contribution in [3.63, 3.8) is 0 Å². The maximum absolute atomic E-state index is 12.5. The number of nitrogens with zero attached hydrogens (tertiary/aromatic N) is 1. The van der Waals surface area contributed by atoms with E-state index >= 15 is 0 Å². The van der Waals surface area contributed by atoms with E-state index in [2.05, 4.69) is 0 Å². The van der Waals surface area contributed by atoms with Gasteiger partial charge in [0.15, 0.2) is 0 Å². The average molecular weight is 282 g/mol. The van der Waals surface area contributed by atoms with Crippen molar-refractivity contribution in [3.8, 4) is 0 Å². The molecule has 106 valence electrons. The first-order chi connectivity index (χ1) is 9.06. The Bertz CT molecular complexity index is 524. The number of sulfonamides is 1. The van der Waals surface area contributed by atoms with Crippen LogP contribution in [0.2, 0.25) is 0 Å². The van der Waals surface area contributed by atoms with Gasteiger partial charge in [-0.05, 0) is 30.4 Å². The van der Waals surface area contributed by atoms with Crippen molar-refractivity contribution in [1.82, 2.24) is 4.31 Å². The highest BCUT2D eigenvalue weighted by Crippen LogP contribution is 2.30. The van der Waals surface area contributed by atoms with Crippen LogP contribution in [0.4, 0.5) is 0 Å². The third-order valence-electron chi connectivity index (χ3n) is 3.33. The Morgan fingerprint density at radius 3 is 2.58 bits per heavy atom. The molecule has 0 atom stereocenters. The van der Waals surface area contributed by atoms with Crippen molar-refractivity contribution in [2.24, 2.45) is 5.73 Å². The molecule has 1 aromatic carbocycles. The molecule has 1 aliphatic rings. The van der Waals surface area contributed by atoms with E-state index in [0.29, 0.717) is 13.1 Å². The maximum Gasteiger partial charge on any atom is 0.218 e. The summed E-state index contributed by atoms with van der Waals surface area (Å²) in [5.74, 6) is 0.0807. The second kappa shape index (κ2) is 6.03. The van der Waals surface area contributed by atoms with Crippen LogP contribution in [0.1, 0.15) is 37.3 Å². The summed E-state index contributed by atoms with van der Waals surface area (Å²) in [5.41, 5.74) is 7.39. The summed E-state index contributed by atoms with van der Waals surface area (Å²) in [5, 5.41) is 0. The summed E-state index contributed by atoms with van der Waals surface area (Å²) in [6.07, 6.45) is 2.86. The molecule has 1 fully saturated rings. The normalized spacial score (nSPS) is 15.9. The van der Waals surface area contributed by atoms with E-state index in [0.717, 1.165) is 30.4 Å². The van der Waals surface area contributed by atoms with Gasteiger partial charge in [-0.2, -0.15) is 4.31 Å². The van der Waals surface area contributed by atoms with E-state index in [9.17, 15) is 8.42 Å². The van der Waals surface area contributed by atoms with Gasteiger partial charge in [0.05, 0.1) is 5.75 Å². The fourth-order valence-electron chi connectivity index (χ4n) is 2.27. The Kier molecular flexibility index (Phi) is 4.60. The fraction of sp³-hybridized carbons (Fsp3) is 0.571. The third-order valence-corrected chi connectivity index (χ3v) is 5.23. The van der Waals surface area contributed by atoms with Crippen LogP contribution in [0.3, 0.4) is 0 Å². The molecular weight excluding hydrogens is 260 g/mol. The standard InChI is InChI=1S/C14H22N2O2S/c1-2-8-16(14-6-7-14)19(17,18)11-13-5-3-4-12(9-13)10-15/h3-5,9,14H,2,6-8,10-11,15H2,1H3. The number of nitrogens with two attached hydrogens (primary N) is 1. The first kappa shape index (κ1) is 14.5. The van der Waals surface area contributed by atoms with E-state index in [1.54, 1.807) is 4.31 Å². The molecule has 19 heavy (non-hydrogen) atoms. The van der Waals surface area contributed by atoms with Gasteiger partial charge in [0.1, 0.15) is 0 Å². The lowest BCUT2D eigenvalue weighted by Crippen LogP contribution is -2.34. The topological polar surface area (TPSA) is 63.4 Å². The van der Waals surface area contributed by atoms with Crippen molar-refractivity contribution >= 4 is 10.0 Å². The van der Waals surface area contributed by atoms with Crippen LogP contribution in [0.25, 0.3) is 0 Å². The quantitative estimate of drug-likeness (QED) is 0.830. The van der Waals surface area contributed by atoms with Crippen molar-refractivity contribution in [2.45, 2.75) is 44.5 Å². The highest BCUT2D eigenvalue weighted by molar-refractivity contribution is 7.88. The molecule has 0 heterocycles. The van der Waals surface area contributed by atoms with Gasteiger partial charge in [-0.25, -0.2) is 8.42 Å². The van der Waals surface area contributed by atoms with Crippen molar-refractivity contribution < 1.29 is 8.42 Å². The molecule has 0 aliphatic heterocycles. The molecule has 5 heteroatoms. The highest BCUT2D eigenvalue weighted by Gasteiger charge is 2.36. The smallest absolute Gasteiger partial charge is 0.218 e. The van der Waals surface area contributed by atoms with Crippen molar-refractivity contribution in [2.75, 3.05) is 6.54 Å². The summed E-state index contributed by atoms with van der Waals surface area (Å²) < 4.78 is 26.6. The Labute approximate surface area is 115 Å². The lowest BCUT2D eigenvalue weighted by atomic mass is 10.1. The molecule has 0 aromatic heterocycles. The van der Waals surface area contributed by atoms with Crippen molar-refractivity contribution in [3.05, 3.63) is 35.4 Å². The number of rotatable bonds is 7. The molecule has 0 bridgehead atoms. The SMILES string of the molecule is CCCN(C1CC1)S(=O)(=O)Cc1cccc(CN)c1. The van der Waals surface area contributed by atoms with Crippen molar-refractivity contribution in [1.29, 1.82) is 0 Å². The van der Waals surface area contributed by atoms with Crippen LogP contribution in [-0.4, -0.2) is 25.3 Å². The van der Waals surface area contributed by atoms with Crippen LogP contribution in [0, 0.1) is 0 Å². The van der Waals surface area contributed by atoms with Crippen LogP contribution in [-0.2, 0) is 22.3 Å². The van der Waals surface area contributed by atoms with Crippen LogP contribution in [0.5, 0.6) is 0 Å². The maximum atomic E-state index is 12.5. The Morgan fingerprint density at radius 1 is 1.32 bits per heavy atom. The predicted molar refractivity (Wildman–Crippen MR) is 77.0 cm³/mol. The highest BCUT2D eigenvalue weighted by atomic mass is 32.2. The van der Waals surface area contributed by atoms with Gasteiger partial charge >= 0.3 is 0 Å². The van der Waals surface area contributed by atoms with Crippen LogP contribution >= 0.6 is 0 Å². The number of hydrogen-bond donors (Lipinski definition) is 1. The fourth-order valence-corrected chi connectivity index (χ4v) is 4.16. The summed E-state index contributed by atoms with van der Waals surface area (Å²) in [6, 6.07) is 7.76. The molecule has 0 amide bonds. The molecule has 0 saturated heterocycles. The van der Waals surface area contributed by atoms with E-state index in [1.807, 2.05) is 31.2 Å². The summed E-state index contributed by atoms with van der Waals surface area (Å²) in [4.78, 5) is 0. The van der Waals surface area contributed by atoms with Crippen LogP contribution < -0.4 is 5.73 Å². The minimum atomic E-state index is -3.21. The minimum Gasteiger partial charge on any atom is -0.326 e. The second-order valence-corrected chi connectivity index (χ2v) is 7.04. The third kappa shape index (κ3) is 3.78. The lowest BCUT2D eigenvalue weighted by molar-refractivity contribution is 0.402. The molecule has 1 aliphatic carbocycles. The van der Waals surface area contributed by atoms with E-state index in [1.165, 1.54) is 0 Å². The van der Waals surface area contributed by atoms with Crippen LogP contribution in [0.15, 0.2) is 24.3 Å². The zero-order valence-electron chi connectivity index (χ0n) is 11.4. The van der Waals surface area contributed by atoms with E-state index < -0.39 is 10.0 Å². The minimum absolute atomic E-state index is 0.0807. The molecule has 1 aromatic rings. The van der Waals surface area contributed by atoms with Gasteiger partial charge in [0, 0.05) is 19.1 Å². The Balaban J connectivity index is 2.14.